The van der Waals surface area contributed by atoms with Gasteiger partial charge in [0.2, 0.25) is 0 Å². The van der Waals surface area contributed by atoms with Gasteiger partial charge in [-0.25, -0.2) is 4.79 Å². The van der Waals surface area contributed by atoms with E-state index in [0.29, 0.717) is 18.8 Å². The minimum absolute atomic E-state index is 0.117. The molecule has 94 valence electrons. The van der Waals surface area contributed by atoms with E-state index in [-0.39, 0.29) is 6.03 Å². The molecule has 0 fully saturated rings. The lowest BCUT2D eigenvalue weighted by molar-refractivity contribution is 0.218. The maximum absolute atomic E-state index is 11.2. The first kappa shape index (κ1) is 13.6. The number of anilines is 2. The van der Waals surface area contributed by atoms with Crippen LogP contribution in [0.5, 0.6) is 0 Å². The molecule has 1 aromatic rings. The van der Waals surface area contributed by atoms with Crippen molar-refractivity contribution in [2.75, 3.05) is 38.2 Å². The van der Waals surface area contributed by atoms with Crippen LogP contribution in [0.25, 0.3) is 0 Å². The zero-order valence-corrected chi connectivity index (χ0v) is 11.4. The summed E-state index contributed by atoms with van der Waals surface area (Å²) in [6, 6.07) is -0.117. The number of carbonyl (C=O) groups excluding carboxylic acids is 1. The number of nitrogens with one attached hydrogen (secondary N) is 2. The number of nitrogens with two attached hydrogens (primary N) is 1. The van der Waals surface area contributed by atoms with Crippen LogP contribution in [0.2, 0.25) is 0 Å². The van der Waals surface area contributed by atoms with Gasteiger partial charge in [0, 0.05) is 33.4 Å². The van der Waals surface area contributed by atoms with Crippen molar-refractivity contribution in [3.05, 3.63) is 16.9 Å². The van der Waals surface area contributed by atoms with E-state index in [4.69, 9.17) is 5.73 Å². The van der Waals surface area contributed by atoms with Gasteiger partial charge in [0.1, 0.15) is 0 Å². The van der Waals surface area contributed by atoms with E-state index >= 15 is 0 Å². The molecular formula is C10H16BrN5O. The molecule has 0 aliphatic rings. The number of halogens is 1. The SMILES string of the molecule is CN(C)C(=O)NCCNc1c(N)cncc1Br. The van der Waals surface area contributed by atoms with Crippen molar-refractivity contribution in [3.63, 3.8) is 0 Å². The molecule has 0 aliphatic carbocycles. The number of nitrogens with zero attached hydrogens (tertiary/aromatic N) is 2. The van der Waals surface area contributed by atoms with Crippen LogP contribution in [-0.2, 0) is 0 Å². The van der Waals surface area contributed by atoms with E-state index < -0.39 is 0 Å². The highest BCUT2D eigenvalue weighted by atomic mass is 79.9. The van der Waals surface area contributed by atoms with E-state index in [9.17, 15) is 4.79 Å². The van der Waals surface area contributed by atoms with Gasteiger partial charge in [0.25, 0.3) is 0 Å². The summed E-state index contributed by atoms with van der Waals surface area (Å²) in [5.41, 5.74) is 7.12. The van der Waals surface area contributed by atoms with Crippen LogP contribution in [-0.4, -0.2) is 43.1 Å². The fourth-order valence-corrected chi connectivity index (χ4v) is 1.64. The van der Waals surface area contributed by atoms with Crippen molar-refractivity contribution in [1.29, 1.82) is 0 Å². The zero-order chi connectivity index (χ0) is 12.8. The molecular weight excluding hydrogens is 286 g/mol. The van der Waals surface area contributed by atoms with E-state index in [1.807, 2.05) is 0 Å². The largest absolute Gasteiger partial charge is 0.396 e. The highest BCUT2D eigenvalue weighted by molar-refractivity contribution is 9.10. The van der Waals surface area contributed by atoms with Crippen LogP contribution < -0.4 is 16.4 Å². The predicted octanol–water partition coefficient (Wildman–Crippen LogP) is 1.11. The van der Waals surface area contributed by atoms with E-state index in [1.165, 1.54) is 4.90 Å². The smallest absolute Gasteiger partial charge is 0.316 e. The molecule has 0 atom stereocenters. The Kier molecular flexibility index (Phi) is 5.02. The molecule has 17 heavy (non-hydrogen) atoms. The predicted molar refractivity (Wildman–Crippen MR) is 71.9 cm³/mol. The van der Waals surface area contributed by atoms with Gasteiger partial charge >= 0.3 is 6.03 Å². The Labute approximate surface area is 109 Å². The molecule has 1 heterocycles. The second-order valence-electron chi connectivity index (χ2n) is 3.64. The summed E-state index contributed by atoms with van der Waals surface area (Å²) < 4.78 is 0.802. The molecule has 6 nitrogen and oxygen atoms in total. The number of hydrogen-bond acceptors (Lipinski definition) is 4. The quantitative estimate of drug-likeness (QED) is 0.728. The highest BCUT2D eigenvalue weighted by Crippen LogP contribution is 2.26. The van der Waals surface area contributed by atoms with E-state index in [0.717, 1.165) is 10.2 Å². The minimum atomic E-state index is -0.117. The van der Waals surface area contributed by atoms with E-state index in [2.05, 4.69) is 31.5 Å². The van der Waals surface area contributed by atoms with Crippen LogP contribution in [0.3, 0.4) is 0 Å². The van der Waals surface area contributed by atoms with Crippen LogP contribution in [0, 0.1) is 0 Å². The molecule has 0 unspecified atom stereocenters. The summed E-state index contributed by atoms with van der Waals surface area (Å²) in [4.78, 5) is 16.6. The third-order valence-corrected chi connectivity index (χ3v) is 2.64. The molecule has 0 radical (unpaired) electrons. The first-order chi connectivity index (χ1) is 8.02. The Morgan fingerprint density at radius 3 is 2.76 bits per heavy atom. The van der Waals surface area contributed by atoms with Gasteiger partial charge in [0.15, 0.2) is 0 Å². The number of pyridine rings is 1. The topological polar surface area (TPSA) is 83.3 Å². The van der Waals surface area contributed by atoms with Crippen molar-refractivity contribution in [2.24, 2.45) is 0 Å². The molecule has 0 aliphatic heterocycles. The second kappa shape index (κ2) is 6.29. The monoisotopic (exact) mass is 301 g/mol. The summed E-state index contributed by atoms with van der Waals surface area (Å²) in [5, 5.41) is 5.87. The average Bonchev–Trinajstić information content (AvgIpc) is 2.27. The van der Waals surface area contributed by atoms with Gasteiger partial charge in [0.05, 0.1) is 22.0 Å². The lowest BCUT2D eigenvalue weighted by atomic mass is 10.3. The second-order valence-corrected chi connectivity index (χ2v) is 4.49. The third-order valence-electron chi connectivity index (χ3n) is 2.04. The Balaban J connectivity index is 2.39. The maximum atomic E-state index is 11.2. The Morgan fingerprint density at radius 2 is 2.18 bits per heavy atom. The first-order valence-corrected chi connectivity index (χ1v) is 5.89. The standard InChI is InChI=1S/C10H16BrN5O/c1-16(2)10(17)15-4-3-14-9-7(11)5-13-6-8(9)12/h5-6H,3-4,12H2,1-2H3,(H,13,14)(H,15,17). The maximum Gasteiger partial charge on any atom is 0.316 e. The molecule has 0 saturated carbocycles. The summed E-state index contributed by atoms with van der Waals surface area (Å²) in [7, 11) is 3.39. The van der Waals surface area contributed by atoms with Crippen molar-refractivity contribution in [3.8, 4) is 0 Å². The normalized spacial score (nSPS) is 9.82. The van der Waals surface area contributed by atoms with Gasteiger partial charge in [-0.15, -0.1) is 0 Å². The number of amides is 2. The van der Waals surface area contributed by atoms with Crippen LogP contribution in [0.15, 0.2) is 16.9 Å². The number of aromatic nitrogens is 1. The average molecular weight is 302 g/mol. The molecule has 0 saturated heterocycles. The van der Waals surface area contributed by atoms with Gasteiger partial charge < -0.3 is 21.3 Å². The summed E-state index contributed by atoms with van der Waals surface area (Å²) in [5.74, 6) is 0. The Bertz CT molecular complexity index is 376. The summed E-state index contributed by atoms with van der Waals surface area (Å²) in [6.07, 6.45) is 3.24. The summed E-state index contributed by atoms with van der Waals surface area (Å²) >= 11 is 3.35. The number of rotatable bonds is 4. The molecule has 2 amide bonds. The Hall–Kier alpha value is -1.50. The van der Waals surface area contributed by atoms with Crippen LogP contribution in [0.4, 0.5) is 16.2 Å². The third kappa shape index (κ3) is 4.10. The fourth-order valence-electron chi connectivity index (χ4n) is 1.15. The molecule has 0 bridgehead atoms. The fraction of sp³-hybridized carbons (Fsp3) is 0.400. The number of nitrogen functional groups attached to an aromatic ring is 1. The first-order valence-electron chi connectivity index (χ1n) is 5.10. The lowest BCUT2D eigenvalue weighted by Crippen LogP contribution is -2.37. The zero-order valence-electron chi connectivity index (χ0n) is 9.83. The molecule has 1 rings (SSSR count). The van der Waals surface area contributed by atoms with Crippen molar-refractivity contribution < 1.29 is 4.79 Å². The van der Waals surface area contributed by atoms with Crippen molar-refractivity contribution in [1.82, 2.24) is 15.2 Å². The lowest BCUT2D eigenvalue weighted by Gasteiger charge is -2.14. The van der Waals surface area contributed by atoms with Gasteiger partial charge in [-0.3, -0.25) is 4.98 Å². The number of urea groups is 1. The van der Waals surface area contributed by atoms with Crippen LogP contribution >= 0.6 is 15.9 Å². The summed E-state index contributed by atoms with van der Waals surface area (Å²) in [6.45, 7) is 1.11. The highest BCUT2D eigenvalue weighted by Gasteiger charge is 2.04. The van der Waals surface area contributed by atoms with Gasteiger partial charge in [-0.2, -0.15) is 0 Å². The molecule has 1 aromatic heterocycles. The minimum Gasteiger partial charge on any atom is -0.396 e. The molecule has 0 spiro atoms. The van der Waals surface area contributed by atoms with Crippen molar-refractivity contribution >= 4 is 33.3 Å². The Morgan fingerprint density at radius 1 is 1.47 bits per heavy atom. The molecule has 7 heteroatoms. The number of hydrogen-bond donors (Lipinski definition) is 3. The van der Waals surface area contributed by atoms with Gasteiger partial charge in [-0.05, 0) is 15.9 Å². The van der Waals surface area contributed by atoms with Crippen LogP contribution in [0.1, 0.15) is 0 Å². The number of carbonyl (C=O) groups is 1. The van der Waals surface area contributed by atoms with Crippen molar-refractivity contribution in [2.45, 2.75) is 0 Å². The molecule has 4 N–H and O–H groups in total. The van der Waals surface area contributed by atoms with Gasteiger partial charge in [-0.1, -0.05) is 0 Å². The molecule has 0 aromatic carbocycles. The van der Waals surface area contributed by atoms with E-state index in [1.54, 1.807) is 26.5 Å².